The second-order valence-corrected chi connectivity index (χ2v) is 15.0. The maximum atomic E-state index is 2.39. The van der Waals surface area contributed by atoms with Gasteiger partial charge in [-0.2, -0.15) is 0 Å². The molecule has 3 heteroatoms. The summed E-state index contributed by atoms with van der Waals surface area (Å²) in [5.74, 6) is 0. The van der Waals surface area contributed by atoms with Crippen molar-refractivity contribution in [2.45, 2.75) is 0 Å². The molecule has 10 aromatic rings. The van der Waals surface area contributed by atoms with Crippen LogP contribution in [0.15, 0.2) is 237 Å². The van der Waals surface area contributed by atoms with Crippen LogP contribution in [-0.4, -0.2) is 0 Å². The van der Waals surface area contributed by atoms with Crippen molar-refractivity contribution in [3.05, 3.63) is 237 Å². The molecule has 0 N–H and O–H groups in total. The molecule has 278 valence electrons. The fraction of sp³-hybridized carbons (Fsp3) is 0. The molecule has 59 heavy (non-hydrogen) atoms. The number of hydrogen-bond acceptors (Lipinski definition) is 3. The molecule has 11 rings (SSSR count). The Morgan fingerprint density at radius 3 is 1.34 bits per heavy atom. The molecule has 0 aromatic heterocycles. The minimum absolute atomic E-state index is 1.09. The van der Waals surface area contributed by atoms with Gasteiger partial charge in [0.15, 0.2) is 0 Å². The standard InChI is InChI=1S/C56H39N3/c1-3-14-40(15-4-1)41-28-32-47(33-29-41)57(50-36-37-52-45(39-50)27-26-43-16-7-8-21-51(43)52)48-34-30-42(31-35-48)44-17-13-20-49(38-44)59-55-24-11-9-22-53(55)58(46-18-5-2-6-19-46)54-23-10-12-25-56(54)59/h1-39H. The average molecular weight is 754 g/mol. The van der Waals surface area contributed by atoms with Gasteiger partial charge in [-0.05, 0) is 129 Å². The topological polar surface area (TPSA) is 9.72 Å². The summed E-state index contributed by atoms with van der Waals surface area (Å²) in [7, 11) is 0. The van der Waals surface area contributed by atoms with E-state index in [1.54, 1.807) is 0 Å². The molecule has 1 aliphatic rings. The summed E-state index contributed by atoms with van der Waals surface area (Å²) in [6.07, 6.45) is 0. The Balaban J connectivity index is 0.977. The van der Waals surface area contributed by atoms with Crippen molar-refractivity contribution in [3.63, 3.8) is 0 Å². The van der Waals surface area contributed by atoms with Gasteiger partial charge in [-0.25, -0.2) is 0 Å². The lowest BCUT2D eigenvalue weighted by atomic mass is 10.00. The first-order valence-electron chi connectivity index (χ1n) is 20.2. The molecule has 0 unspecified atom stereocenters. The fourth-order valence-corrected chi connectivity index (χ4v) is 8.73. The second kappa shape index (κ2) is 14.6. The maximum absolute atomic E-state index is 2.39. The van der Waals surface area contributed by atoms with E-state index < -0.39 is 0 Å². The first-order chi connectivity index (χ1) is 29.3. The first kappa shape index (κ1) is 34.4. The predicted octanol–water partition coefficient (Wildman–Crippen LogP) is 16.0. The van der Waals surface area contributed by atoms with Crippen LogP contribution < -0.4 is 14.7 Å². The number of anilines is 9. The van der Waals surface area contributed by atoms with Crippen LogP contribution in [0.25, 0.3) is 43.8 Å². The maximum Gasteiger partial charge on any atom is 0.0703 e. The summed E-state index contributed by atoms with van der Waals surface area (Å²) in [6.45, 7) is 0. The van der Waals surface area contributed by atoms with Crippen LogP contribution in [0.5, 0.6) is 0 Å². The highest BCUT2D eigenvalue weighted by Crippen LogP contribution is 2.54. The average Bonchev–Trinajstić information content (AvgIpc) is 3.31. The summed E-state index contributed by atoms with van der Waals surface area (Å²) in [5, 5.41) is 5.00. The van der Waals surface area contributed by atoms with Crippen LogP contribution >= 0.6 is 0 Å². The Labute approximate surface area is 344 Å². The monoisotopic (exact) mass is 753 g/mol. The molecule has 0 bridgehead atoms. The normalized spacial score (nSPS) is 12.0. The number of para-hydroxylation sites is 5. The van der Waals surface area contributed by atoms with Crippen molar-refractivity contribution in [2.24, 2.45) is 0 Å². The van der Waals surface area contributed by atoms with E-state index in [0.29, 0.717) is 0 Å². The highest BCUT2D eigenvalue weighted by molar-refractivity contribution is 6.08. The van der Waals surface area contributed by atoms with Gasteiger partial charge in [0.25, 0.3) is 0 Å². The molecule has 0 spiro atoms. The van der Waals surface area contributed by atoms with Crippen LogP contribution in [0, 0.1) is 0 Å². The predicted molar refractivity (Wildman–Crippen MR) is 250 cm³/mol. The van der Waals surface area contributed by atoms with E-state index in [1.165, 1.54) is 32.7 Å². The third-order valence-corrected chi connectivity index (χ3v) is 11.5. The Morgan fingerprint density at radius 1 is 0.254 bits per heavy atom. The van der Waals surface area contributed by atoms with Crippen molar-refractivity contribution in [2.75, 3.05) is 14.7 Å². The molecule has 0 atom stereocenters. The lowest BCUT2D eigenvalue weighted by Crippen LogP contribution is -2.23. The van der Waals surface area contributed by atoms with E-state index in [-0.39, 0.29) is 0 Å². The van der Waals surface area contributed by atoms with E-state index in [1.807, 2.05) is 0 Å². The summed E-state index contributed by atoms with van der Waals surface area (Å²) in [5.41, 5.74) is 14.8. The van der Waals surface area contributed by atoms with Gasteiger partial charge in [-0.3, -0.25) is 0 Å². The molecular formula is C56H39N3. The Kier molecular flexibility index (Phi) is 8.49. The van der Waals surface area contributed by atoms with Crippen molar-refractivity contribution in [3.8, 4) is 22.3 Å². The minimum atomic E-state index is 1.09. The molecule has 1 aliphatic heterocycles. The zero-order valence-electron chi connectivity index (χ0n) is 32.4. The lowest BCUT2D eigenvalue weighted by Gasteiger charge is -2.40. The van der Waals surface area contributed by atoms with E-state index in [0.717, 1.165) is 62.3 Å². The first-order valence-corrected chi connectivity index (χ1v) is 20.2. The smallest absolute Gasteiger partial charge is 0.0703 e. The van der Waals surface area contributed by atoms with Crippen LogP contribution in [0.3, 0.4) is 0 Å². The number of hydrogen-bond donors (Lipinski definition) is 0. The SMILES string of the molecule is c1ccc(-c2ccc(N(c3ccc(-c4cccc(N5c6ccccc6N(c6ccccc6)c6ccccc65)c4)cc3)c3ccc4c(ccc5ccccc54)c3)cc2)cc1. The van der Waals surface area contributed by atoms with Crippen molar-refractivity contribution in [1.29, 1.82) is 0 Å². The minimum Gasteiger partial charge on any atom is -0.310 e. The van der Waals surface area contributed by atoms with Gasteiger partial charge >= 0.3 is 0 Å². The summed E-state index contributed by atoms with van der Waals surface area (Å²) >= 11 is 0. The Morgan fingerprint density at radius 2 is 0.695 bits per heavy atom. The summed E-state index contributed by atoms with van der Waals surface area (Å²) < 4.78 is 0. The van der Waals surface area contributed by atoms with Crippen LogP contribution in [0.1, 0.15) is 0 Å². The molecule has 0 amide bonds. The molecule has 0 saturated carbocycles. The second-order valence-electron chi connectivity index (χ2n) is 15.0. The van der Waals surface area contributed by atoms with Gasteiger partial charge in [0.2, 0.25) is 0 Å². The van der Waals surface area contributed by atoms with Crippen LogP contribution in [0.2, 0.25) is 0 Å². The number of benzene rings is 10. The van der Waals surface area contributed by atoms with E-state index >= 15 is 0 Å². The molecule has 10 aromatic carbocycles. The third-order valence-electron chi connectivity index (χ3n) is 11.5. The van der Waals surface area contributed by atoms with Crippen molar-refractivity contribution in [1.82, 2.24) is 0 Å². The molecular weight excluding hydrogens is 715 g/mol. The van der Waals surface area contributed by atoms with Gasteiger partial charge in [0, 0.05) is 28.4 Å². The quantitative estimate of drug-likeness (QED) is 0.150. The molecule has 3 nitrogen and oxygen atoms in total. The summed E-state index contributed by atoms with van der Waals surface area (Å²) in [4.78, 5) is 7.12. The molecule has 0 fully saturated rings. The highest BCUT2D eigenvalue weighted by Gasteiger charge is 2.30. The number of rotatable bonds is 7. The summed E-state index contributed by atoms with van der Waals surface area (Å²) in [6, 6.07) is 85.4. The highest BCUT2D eigenvalue weighted by atomic mass is 15.3. The van der Waals surface area contributed by atoms with Crippen molar-refractivity contribution < 1.29 is 0 Å². The van der Waals surface area contributed by atoms with Gasteiger partial charge in [0.1, 0.15) is 0 Å². The largest absolute Gasteiger partial charge is 0.310 e. The third kappa shape index (κ3) is 6.17. The zero-order valence-corrected chi connectivity index (χ0v) is 32.4. The van der Waals surface area contributed by atoms with Gasteiger partial charge in [-0.15, -0.1) is 0 Å². The van der Waals surface area contributed by atoms with E-state index in [9.17, 15) is 0 Å². The zero-order chi connectivity index (χ0) is 39.1. The molecule has 1 heterocycles. The van der Waals surface area contributed by atoms with Crippen molar-refractivity contribution >= 4 is 72.7 Å². The fourth-order valence-electron chi connectivity index (χ4n) is 8.73. The lowest BCUT2D eigenvalue weighted by molar-refractivity contribution is 1.17. The van der Waals surface area contributed by atoms with E-state index in [4.69, 9.17) is 0 Å². The molecule has 0 saturated heterocycles. The van der Waals surface area contributed by atoms with E-state index in [2.05, 4.69) is 251 Å². The molecule has 0 aliphatic carbocycles. The van der Waals surface area contributed by atoms with Gasteiger partial charge < -0.3 is 14.7 Å². The van der Waals surface area contributed by atoms with Gasteiger partial charge in [0.05, 0.1) is 22.7 Å². The van der Waals surface area contributed by atoms with Gasteiger partial charge in [-0.1, -0.05) is 152 Å². The Hall–Kier alpha value is -7.88. The molecule has 0 radical (unpaired) electrons. The number of fused-ring (bicyclic) bond motifs is 5. The van der Waals surface area contributed by atoms with Crippen LogP contribution in [-0.2, 0) is 0 Å². The number of nitrogens with zero attached hydrogens (tertiary/aromatic N) is 3. The van der Waals surface area contributed by atoms with Crippen LogP contribution in [0.4, 0.5) is 51.2 Å². The Bertz CT molecular complexity index is 3050.